The van der Waals surface area contributed by atoms with Crippen LogP contribution in [0.15, 0.2) is 34.9 Å². The summed E-state index contributed by atoms with van der Waals surface area (Å²) in [5.41, 5.74) is 6.69. The number of aromatic nitrogens is 1. The lowest BCUT2D eigenvalue weighted by Crippen LogP contribution is -2.17. The molecule has 2 rings (SSSR count). The van der Waals surface area contributed by atoms with E-state index in [-0.39, 0.29) is 5.69 Å². The number of aryl methyl sites for hydroxylation is 1. The van der Waals surface area contributed by atoms with Crippen molar-refractivity contribution < 1.29 is 9.18 Å². The molecule has 0 atom stereocenters. The summed E-state index contributed by atoms with van der Waals surface area (Å²) >= 11 is 3.23. The topological polar surface area (TPSA) is 60.0 Å². The molecule has 0 unspecified atom stereocenters. The molecule has 2 aromatic rings. The Hall–Kier alpha value is -1.82. The predicted octanol–water partition coefficient (Wildman–Crippen LogP) is 3.24. The first-order chi connectivity index (χ1) is 9.01. The molecule has 100 valence electrons. The van der Waals surface area contributed by atoms with Crippen molar-refractivity contribution >= 4 is 33.2 Å². The van der Waals surface area contributed by atoms with E-state index in [0.29, 0.717) is 22.4 Å². The Labute approximate surface area is 118 Å². The van der Waals surface area contributed by atoms with Crippen LogP contribution in [0.25, 0.3) is 0 Å². The van der Waals surface area contributed by atoms with Gasteiger partial charge in [0.15, 0.2) is 0 Å². The Morgan fingerprint density at radius 2 is 2.21 bits per heavy atom. The number of benzene rings is 1. The van der Waals surface area contributed by atoms with Gasteiger partial charge in [-0.15, -0.1) is 0 Å². The van der Waals surface area contributed by atoms with E-state index >= 15 is 0 Å². The third-order valence-electron chi connectivity index (χ3n) is 2.67. The van der Waals surface area contributed by atoms with Gasteiger partial charge in [0.25, 0.3) is 5.91 Å². The summed E-state index contributed by atoms with van der Waals surface area (Å²) in [4.78, 5) is 12.1. The first-order valence-corrected chi connectivity index (χ1v) is 6.52. The van der Waals surface area contributed by atoms with Crippen molar-refractivity contribution in [2.75, 3.05) is 11.1 Å². The highest BCUT2D eigenvalue weighted by molar-refractivity contribution is 9.10. The summed E-state index contributed by atoms with van der Waals surface area (Å²) in [5.74, 6) is -0.880. The number of nitrogens with two attached hydrogens (primary N) is 1. The van der Waals surface area contributed by atoms with Gasteiger partial charge < -0.3 is 15.6 Å². The van der Waals surface area contributed by atoms with Gasteiger partial charge >= 0.3 is 0 Å². The number of nitrogen functional groups attached to an aromatic ring is 1. The lowest BCUT2D eigenvalue weighted by molar-refractivity contribution is 0.101. The molecule has 3 N–H and O–H groups in total. The lowest BCUT2D eigenvalue weighted by atomic mass is 10.3. The second-order valence-corrected chi connectivity index (χ2v) is 4.94. The highest BCUT2D eigenvalue weighted by atomic mass is 79.9. The van der Waals surface area contributed by atoms with E-state index in [0.717, 1.165) is 0 Å². The van der Waals surface area contributed by atoms with Crippen LogP contribution in [-0.2, 0) is 6.54 Å². The summed E-state index contributed by atoms with van der Waals surface area (Å²) in [6.45, 7) is 2.51. The molecule has 6 heteroatoms. The van der Waals surface area contributed by atoms with Gasteiger partial charge in [0.05, 0.1) is 11.4 Å². The Morgan fingerprint density at radius 1 is 1.47 bits per heavy atom. The van der Waals surface area contributed by atoms with Gasteiger partial charge in [-0.25, -0.2) is 4.39 Å². The molecule has 4 nitrogen and oxygen atoms in total. The van der Waals surface area contributed by atoms with E-state index in [1.807, 2.05) is 6.92 Å². The molecule has 19 heavy (non-hydrogen) atoms. The van der Waals surface area contributed by atoms with Crippen molar-refractivity contribution in [3.63, 3.8) is 0 Å². The minimum atomic E-state index is -0.487. The van der Waals surface area contributed by atoms with Gasteiger partial charge in [-0.1, -0.05) is 15.9 Å². The maximum Gasteiger partial charge on any atom is 0.272 e. The van der Waals surface area contributed by atoms with Gasteiger partial charge in [-0.05, 0) is 31.2 Å². The van der Waals surface area contributed by atoms with Crippen LogP contribution < -0.4 is 11.1 Å². The fourth-order valence-electron chi connectivity index (χ4n) is 1.76. The van der Waals surface area contributed by atoms with Gasteiger partial charge in [-0.2, -0.15) is 0 Å². The van der Waals surface area contributed by atoms with E-state index in [9.17, 15) is 9.18 Å². The average molecular weight is 326 g/mol. The fourth-order valence-corrected chi connectivity index (χ4v) is 2.13. The highest BCUT2D eigenvalue weighted by Gasteiger charge is 2.14. The number of nitrogens with zero attached hydrogens (tertiary/aromatic N) is 1. The maximum atomic E-state index is 13.6. The number of carbonyl (C=O) groups is 1. The van der Waals surface area contributed by atoms with Gasteiger partial charge in [0.2, 0.25) is 0 Å². The molecule has 0 aliphatic carbocycles. The van der Waals surface area contributed by atoms with E-state index < -0.39 is 11.7 Å². The molecule has 0 fully saturated rings. The average Bonchev–Trinajstić information content (AvgIpc) is 2.75. The van der Waals surface area contributed by atoms with Crippen LogP contribution in [0.1, 0.15) is 17.4 Å². The van der Waals surface area contributed by atoms with Gasteiger partial charge in [-0.3, -0.25) is 4.79 Å². The molecule has 1 aromatic heterocycles. The number of halogens is 2. The van der Waals surface area contributed by atoms with Crippen molar-refractivity contribution in [2.45, 2.75) is 13.5 Å². The zero-order chi connectivity index (χ0) is 14.0. The molecule has 0 saturated heterocycles. The lowest BCUT2D eigenvalue weighted by Gasteiger charge is -2.08. The Balaban J connectivity index is 2.27. The predicted molar refractivity (Wildman–Crippen MR) is 76.6 cm³/mol. The molecule has 0 radical (unpaired) electrons. The highest BCUT2D eigenvalue weighted by Crippen LogP contribution is 2.21. The number of hydrogen-bond donors (Lipinski definition) is 2. The Kier molecular flexibility index (Phi) is 3.90. The summed E-state index contributed by atoms with van der Waals surface area (Å²) in [7, 11) is 0. The van der Waals surface area contributed by atoms with E-state index in [4.69, 9.17) is 5.73 Å². The minimum Gasteiger partial charge on any atom is -0.397 e. The first-order valence-electron chi connectivity index (χ1n) is 5.73. The van der Waals surface area contributed by atoms with Crippen LogP contribution in [0.2, 0.25) is 0 Å². The normalized spacial score (nSPS) is 10.5. The molecule has 1 amide bonds. The first kappa shape index (κ1) is 13.6. The van der Waals surface area contributed by atoms with Crippen molar-refractivity contribution in [3.05, 3.63) is 46.4 Å². The maximum absolute atomic E-state index is 13.6. The summed E-state index contributed by atoms with van der Waals surface area (Å²) < 4.78 is 16.0. The molecule has 0 aliphatic rings. The number of nitrogens with one attached hydrogen (secondary N) is 1. The van der Waals surface area contributed by atoms with Crippen molar-refractivity contribution in [1.29, 1.82) is 0 Å². The Bertz CT molecular complexity index is 624. The number of anilines is 2. The summed E-state index contributed by atoms with van der Waals surface area (Å²) in [5, 5.41) is 2.54. The third kappa shape index (κ3) is 2.96. The molecular weight excluding hydrogens is 313 g/mol. The van der Waals surface area contributed by atoms with Crippen LogP contribution in [0, 0.1) is 5.82 Å². The van der Waals surface area contributed by atoms with Crippen LogP contribution in [0.3, 0.4) is 0 Å². The standard InChI is InChI=1S/C13H13BrFN3O/c1-2-18-7-9(16)6-12(18)13(19)17-11-5-8(14)3-4-10(11)15/h3-7H,2,16H2,1H3,(H,17,19). The zero-order valence-electron chi connectivity index (χ0n) is 10.3. The number of hydrogen-bond acceptors (Lipinski definition) is 2. The van der Waals surface area contributed by atoms with Gasteiger partial charge in [0.1, 0.15) is 11.5 Å². The monoisotopic (exact) mass is 325 g/mol. The van der Waals surface area contributed by atoms with Gasteiger partial charge in [0, 0.05) is 17.2 Å². The fraction of sp³-hybridized carbons (Fsp3) is 0.154. The van der Waals surface area contributed by atoms with Crippen LogP contribution >= 0.6 is 15.9 Å². The Morgan fingerprint density at radius 3 is 2.89 bits per heavy atom. The quantitative estimate of drug-likeness (QED) is 0.910. The van der Waals surface area contributed by atoms with Crippen molar-refractivity contribution in [1.82, 2.24) is 4.57 Å². The minimum absolute atomic E-state index is 0.127. The van der Waals surface area contributed by atoms with Crippen LogP contribution in [-0.4, -0.2) is 10.5 Å². The molecule has 0 aliphatic heterocycles. The molecule has 0 saturated carbocycles. The summed E-state index contributed by atoms with van der Waals surface area (Å²) in [6.07, 6.45) is 1.67. The molecular formula is C13H13BrFN3O. The number of carbonyl (C=O) groups excluding carboxylic acids is 1. The third-order valence-corrected chi connectivity index (χ3v) is 3.16. The molecule has 1 heterocycles. The van der Waals surface area contributed by atoms with Crippen LogP contribution in [0.4, 0.5) is 15.8 Å². The SMILES string of the molecule is CCn1cc(N)cc1C(=O)Nc1cc(Br)ccc1F. The number of amides is 1. The largest absolute Gasteiger partial charge is 0.397 e. The van der Waals surface area contributed by atoms with Crippen molar-refractivity contribution in [2.24, 2.45) is 0 Å². The molecule has 1 aromatic carbocycles. The second-order valence-electron chi connectivity index (χ2n) is 4.02. The molecule has 0 bridgehead atoms. The van der Waals surface area contributed by atoms with E-state index in [1.165, 1.54) is 12.1 Å². The van der Waals surface area contributed by atoms with E-state index in [1.54, 1.807) is 22.9 Å². The smallest absolute Gasteiger partial charge is 0.272 e. The van der Waals surface area contributed by atoms with Crippen molar-refractivity contribution in [3.8, 4) is 0 Å². The second kappa shape index (κ2) is 5.44. The molecule has 0 spiro atoms. The zero-order valence-corrected chi connectivity index (χ0v) is 11.9. The summed E-state index contributed by atoms with van der Waals surface area (Å²) in [6, 6.07) is 5.93. The number of rotatable bonds is 3. The van der Waals surface area contributed by atoms with E-state index in [2.05, 4.69) is 21.2 Å². The van der Waals surface area contributed by atoms with Crippen LogP contribution in [0.5, 0.6) is 0 Å².